The van der Waals surface area contributed by atoms with Crippen LogP contribution in [0.5, 0.6) is 0 Å². The van der Waals surface area contributed by atoms with Gasteiger partial charge in [-0.3, -0.25) is 9.59 Å². The minimum Gasteiger partial charge on any atom is -0.511 e. The summed E-state index contributed by atoms with van der Waals surface area (Å²) in [5, 5.41) is 23.0. The Morgan fingerprint density at radius 1 is 1.35 bits per heavy atom. The first-order valence-electron chi connectivity index (χ1n) is 9.55. The summed E-state index contributed by atoms with van der Waals surface area (Å²) < 4.78 is 0. The molecule has 3 N–H and O–H groups in total. The van der Waals surface area contributed by atoms with Crippen LogP contribution >= 0.6 is 0 Å². The predicted octanol–water partition coefficient (Wildman–Crippen LogP) is 2.68. The van der Waals surface area contributed by atoms with E-state index < -0.39 is 29.8 Å². The first-order chi connectivity index (χ1) is 12.3. The lowest BCUT2D eigenvalue weighted by Gasteiger charge is -2.50. The fraction of sp³-hybridized carbons (Fsp3) is 0.619. The molecule has 2 aliphatic carbocycles. The second-order valence-corrected chi connectivity index (χ2v) is 8.20. The summed E-state index contributed by atoms with van der Waals surface area (Å²) in [6.45, 7) is 5.70. The van der Waals surface area contributed by atoms with E-state index in [1.54, 1.807) is 0 Å². The largest absolute Gasteiger partial charge is 0.511 e. The number of hydrogen-bond donors (Lipinski definition) is 3. The normalized spacial score (nSPS) is 42.1. The molecular weight excluding hydrogens is 330 g/mol. The van der Waals surface area contributed by atoms with Crippen LogP contribution in [0, 0.1) is 29.1 Å². The van der Waals surface area contributed by atoms with Gasteiger partial charge < -0.3 is 15.5 Å². The van der Waals surface area contributed by atoms with Gasteiger partial charge in [-0.1, -0.05) is 44.6 Å². The SMILES string of the molecule is C/C=C/[C@@H]1C=C[C@@H]2C[C@H](C)CC[C@H]2[C@]1(C)/C(O)=C1/C(=O)N[C@H](CO)C1=O. The first-order valence-corrected chi connectivity index (χ1v) is 9.55. The van der Waals surface area contributed by atoms with Crippen LogP contribution in [0.25, 0.3) is 0 Å². The van der Waals surface area contributed by atoms with Gasteiger partial charge in [0.05, 0.1) is 6.61 Å². The number of rotatable bonds is 3. The maximum Gasteiger partial charge on any atom is 0.259 e. The third kappa shape index (κ3) is 2.82. The van der Waals surface area contributed by atoms with Crippen molar-refractivity contribution in [2.45, 2.75) is 46.1 Å². The third-order valence-electron chi connectivity index (χ3n) is 6.61. The van der Waals surface area contributed by atoms with Crippen molar-refractivity contribution in [1.29, 1.82) is 0 Å². The van der Waals surface area contributed by atoms with Crippen LogP contribution in [-0.4, -0.2) is 34.6 Å². The van der Waals surface area contributed by atoms with Crippen LogP contribution in [0.4, 0.5) is 0 Å². The van der Waals surface area contributed by atoms with Gasteiger partial charge in [-0.05, 0) is 37.5 Å². The Hall–Kier alpha value is -1.88. The monoisotopic (exact) mass is 359 g/mol. The lowest BCUT2D eigenvalue weighted by atomic mass is 9.54. The van der Waals surface area contributed by atoms with Gasteiger partial charge in [0, 0.05) is 11.3 Å². The molecule has 5 heteroatoms. The number of Topliss-reactive ketones (excluding diaryl/α,β-unsaturated/α-hetero) is 1. The molecule has 142 valence electrons. The zero-order valence-corrected chi connectivity index (χ0v) is 15.7. The molecule has 1 saturated carbocycles. The fourth-order valence-corrected chi connectivity index (χ4v) is 5.10. The molecule has 26 heavy (non-hydrogen) atoms. The smallest absolute Gasteiger partial charge is 0.259 e. The van der Waals surface area contributed by atoms with Crippen LogP contribution in [0.1, 0.15) is 40.0 Å². The van der Waals surface area contributed by atoms with Crippen LogP contribution in [0.3, 0.4) is 0 Å². The van der Waals surface area contributed by atoms with Crippen molar-refractivity contribution in [1.82, 2.24) is 5.32 Å². The lowest BCUT2D eigenvalue weighted by molar-refractivity contribution is -0.118. The Morgan fingerprint density at radius 3 is 2.69 bits per heavy atom. The summed E-state index contributed by atoms with van der Waals surface area (Å²) in [6, 6.07) is -0.954. The van der Waals surface area contributed by atoms with Gasteiger partial charge in [-0.25, -0.2) is 0 Å². The van der Waals surface area contributed by atoms with Gasteiger partial charge >= 0.3 is 0 Å². The van der Waals surface area contributed by atoms with E-state index in [0.29, 0.717) is 11.8 Å². The van der Waals surface area contributed by atoms with Crippen LogP contribution < -0.4 is 5.32 Å². The number of ketones is 1. The number of aliphatic hydroxyl groups is 2. The Kier molecular flexibility index (Phi) is 5.11. The molecule has 3 aliphatic rings. The van der Waals surface area contributed by atoms with Crippen molar-refractivity contribution in [3.05, 3.63) is 35.6 Å². The van der Waals surface area contributed by atoms with Crippen molar-refractivity contribution in [2.75, 3.05) is 6.61 Å². The summed E-state index contributed by atoms with van der Waals surface area (Å²) >= 11 is 0. The van der Waals surface area contributed by atoms with Gasteiger partial charge in [0.25, 0.3) is 5.91 Å². The number of nitrogens with one attached hydrogen (secondary N) is 1. The maximum atomic E-state index is 12.6. The van der Waals surface area contributed by atoms with Gasteiger partial charge in [-0.15, -0.1) is 0 Å². The van der Waals surface area contributed by atoms with Crippen LogP contribution in [-0.2, 0) is 9.59 Å². The Balaban J connectivity index is 2.11. The number of carbonyl (C=O) groups excluding carboxylic acids is 2. The third-order valence-corrected chi connectivity index (χ3v) is 6.61. The van der Waals surface area contributed by atoms with Gasteiger partial charge in [0.1, 0.15) is 17.4 Å². The van der Waals surface area contributed by atoms with Crippen LogP contribution in [0.2, 0.25) is 0 Å². The Bertz CT molecular complexity index is 692. The zero-order valence-electron chi connectivity index (χ0n) is 15.7. The van der Waals surface area contributed by atoms with E-state index in [-0.39, 0.29) is 23.2 Å². The van der Waals surface area contributed by atoms with E-state index in [1.807, 2.05) is 26.0 Å². The number of hydrogen-bond acceptors (Lipinski definition) is 4. The van der Waals surface area contributed by atoms with E-state index in [0.717, 1.165) is 19.3 Å². The molecule has 3 rings (SSSR count). The highest BCUT2D eigenvalue weighted by Gasteiger charge is 2.52. The van der Waals surface area contributed by atoms with Crippen LogP contribution in [0.15, 0.2) is 35.6 Å². The number of carbonyl (C=O) groups is 2. The quantitative estimate of drug-likeness (QED) is 0.313. The lowest BCUT2D eigenvalue weighted by Crippen LogP contribution is -2.45. The molecule has 6 atom stereocenters. The molecule has 1 aliphatic heterocycles. The van der Waals surface area contributed by atoms with Crippen molar-refractivity contribution in [3.8, 4) is 0 Å². The number of allylic oxidation sites excluding steroid dienone is 5. The average molecular weight is 359 g/mol. The number of amides is 1. The summed E-state index contributed by atoms with van der Waals surface area (Å²) in [6.07, 6.45) is 11.4. The molecule has 1 saturated heterocycles. The van der Waals surface area contributed by atoms with E-state index in [4.69, 9.17) is 0 Å². The van der Waals surface area contributed by atoms with E-state index >= 15 is 0 Å². The zero-order chi connectivity index (χ0) is 19.1. The first kappa shape index (κ1) is 18.9. The summed E-state index contributed by atoms with van der Waals surface area (Å²) in [7, 11) is 0. The molecule has 0 spiro atoms. The molecule has 0 aromatic rings. The predicted molar refractivity (Wildman–Crippen MR) is 99.2 cm³/mol. The second-order valence-electron chi connectivity index (χ2n) is 8.20. The molecule has 0 unspecified atom stereocenters. The minimum absolute atomic E-state index is 0.0802. The Labute approximate surface area is 154 Å². The molecule has 0 radical (unpaired) electrons. The van der Waals surface area contributed by atoms with E-state index in [9.17, 15) is 19.8 Å². The highest BCUT2D eigenvalue weighted by atomic mass is 16.3. The fourth-order valence-electron chi connectivity index (χ4n) is 5.10. The number of aliphatic hydroxyl groups excluding tert-OH is 2. The topological polar surface area (TPSA) is 86.6 Å². The molecule has 5 nitrogen and oxygen atoms in total. The highest BCUT2D eigenvalue weighted by Crippen LogP contribution is 2.55. The van der Waals surface area contributed by atoms with Gasteiger partial charge in [0.15, 0.2) is 5.78 Å². The summed E-state index contributed by atoms with van der Waals surface area (Å²) in [5.41, 5.74) is -0.882. The van der Waals surface area contributed by atoms with Gasteiger partial charge in [-0.2, -0.15) is 0 Å². The van der Waals surface area contributed by atoms with Crippen molar-refractivity contribution in [3.63, 3.8) is 0 Å². The van der Waals surface area contributed by atoms with Crippen molar-refractivity contribution >= 4 is 11.7 Å². The summed E-state index contributed by atoms with van der Waals surface area (Å²) in [4.78, 5) is 24.9. The molecule has 0 aromatic heterocycles. The average Bonchev–Trinajstić information content (AvgIpc) is 2.90. The molecular formula is C21H29NO4. The standard InChI is InChI=1S/C21H29NO4/c1-4-5-14-8-7-13-10-12(2)6-9-15(13)21(14,3)19(25)17-18(24)16(11-23)22-20(17)26/h4-5,7-8,12-16,23,25H,6,9-11H2,1-3H3,(H,22,26)/b5-4+,19-17-/t12-,13-,14-,15-,16-,21-/m1/s1. The highest BCUT2D eigenvalue weighted by molar-refractivity contribution is 6.27. The number of fused-ring (bicyclic) bond motifs is 1. The molecule has 1 heterocycles. The molecule has 0 aromatic carbocycles. The molecule has 1 amide bonds. The second kappa shape index (κ2) is 7.03. The Morgan fingerprint density at radius 2 is 2.08 bits per heavy atom. The molecule has 2 fully saturated rings. The maximum absolute atomic E-state index is 12.6. The van der Waals surface area contributed by atoms with E-state index in [2.05, 4.69) is 24.4 Å². The van der Waals surface area contributed by atoms with E-state index in [1.165, 1.54) is 0 Å². The minimum atomic E-state index is -0.954. The van der Waals surface area contributed by atoms with Gasteiger partial charge in [0.2, 0.25) is 0 Å². The van der Waals surface area contributed by atoms with Crippen molar-refractivity contribution < 1.29 is 19.8 Å². The summed E-state index contributed by atoms with van der Waals surface area (Å²) in [5.74, 6) is -0.148. The van der Waals surface area contributed by atoms with Crippen molar-refractivity contribution in [2.24, 2.45) is 29.1 Å². The molecule has 0 bridgehead atoms.